The third-order valence-corrected chi connectivity index (χ3v) is 5.20. The van der Waals surface area contributed by atoms with E-state index in [4.69, 9.17) is 4.74 Å². The summed E-state index contributed by atoms with van der Waals surface area (Å²) in [5.41, 5.74) is 0.972. The average Bonchev–Trinajstić information content (AvgIpc) is 3.14. The summed E-state index contributed by atoms with van der Waals surface area (Å²) in [6, 6.07) is 7.46. The van der Waals surface area contributed by atoms with Gasteiger partial charge in [-0.25, -0.2) is 0 Å². The number of aromatic nitrogens is 1. The largest absolute Gasteiger partial charge is 0.370 e. The minimum atomic E-state index is -0.237. The first-order valence-electron chi connectivity index (χ1n) is 9.14. The second-order valence-electron chi connectivity index (χ2n) is 7.15. The Kier molecular flexibility index (Phi) is 6.58. The summed E-state index contributed by atoms with van der Waals surface area (Å²) in [6.07, 6.45) is 3.25. The fourth-order valence-corrected chi connectivity index (χ4v) is 3.80. The fourth-order valence-electron chi connectivity index (χ4n) is 3.11. The molecule has 0 aromatic carbocycles. The molecule has 27 heavy (non-hydrogen) atoms. The number of rotatable bonds is 6. The van der Waals surface area contributed by atoms with Crippen LogP contribution in [-0.2, 0) is 16.1 Å². The van der Waals surface area contributed by atoms with Crippen molar-refractivity contribution in [1.29, 1.82) is 0 Å². The lowest BCUT2D eigenvalue weighted by molar-refractivity contribution is -0.132. The molecule has 2 aromatic rings. The lowest BCUT2D eigenvalue weighted by atomic mass is 10.2. The second-order valence-corrected chi connectivity index (χ2v) is 8.10. The van der Waals surface area contributed by atoms with Crippen molar-refractivity contribution in [1.82, 2.24) is 14.8 Å². The summed E-state index contributed by atoms with van der Waals surface area (Å²) in [6.45, 7) is 6.21. The lowest BCUT2D eigenvalue weighted by Crippen LogP contribution is -2.40. The number of hydrogen-bond donors (Lipinski definition) is 0. The first kappa shape index (κ1) is 19.5. The number of carbonyl (C=O) groups is 2. The van der Waals surface area contributed by atoms with Gasteiger partial charge in [-0.3, -0.25) is 14.6 Å². The Labute approximate surface area is 163 Å². The van der Waals surface area contributed by atoms with E-state index in [9.17, 15) is 9.59 Å². The third kappa shape index (κ3) is 5.37. The molecule has 6 nitrogen and oxygen atoms in total. The van der Waals surface area contributed by atoms with E-state index in [1.807, 2.05) is 28.5 Å². The second kappa shape index (κ2) is 9.10. The highest BCUT2D eigenvalue weighted by molar-refractivity contribution is 7.12. The summed E-state index contributed by atoms with van der Waals surface area (Å²) < 4.78 is 6.08. The Balaban J connectivity index is 1.74. The van der Waals surface area contributed by atoms with E-state index in [0.717, 1.165) is 5.56 Å². The molecule has 0 aliphatic carbocycles. The number of pyridine rings is 1. The van der Waals surface area contributed by atoms with E-state index >= 15 is 0 Å². The fraction of sp³-hybridized carbons (Fsp3) is 0.450. The molecule has 0 spiro atoms. The number of carbonyl (C=O) groups excluding carboxylic acids is 2. The van der Waals surface area contributed by atoms with Crippen molar-refractivity contribution in [3.05, 3.63) is 52.5 Å². The summed E-state index contributed by atoms with van der Waals surface area (Å²) in [5.74, 6) is 0.216. The lowest BCUT2D eigenvalue weighted by Gasteiger charge is -2.26. The zero-order chi connectivity index (χ0) is 19.2. The predicted molar refractivity (Wildman–Crippen MR) is 104 cm³/mol. The summed E-state index contributed by atoms with van der Waals surface area (Å²) in [4.78, 5) is 33.7. The van der Waals surface area contributed by atoms with Crippen LogP contribution in [0.25, 0.3) is 0 Å². The Bertz CT molecular complexity index is 749. The number of hydrogen-bond acceptors (Lipinski definition) is 5. The maximum absolute atomic E-state index is 12.8. The van der Waals surface area contributed by atoms with Crippen LogP contribution in [0.3, 0.4) is 0 Å². The molecule has 3 heterocycles. The van der Waals surface area contributed by atoms with Gasteiger partial charge >= 0.3 is 0 Å². The molecule has 1 atom stereocenters. The summed E-state index contributed by atoms with van der Waals surface area (Å²) >= 11 is 1.39. The molecule has 1 fully saturated rings. The molecule has 1 unspecified atom stereocenters. The zero-order valence-corrected chi connectivity index (χ0v) is 16.5. The van der Waals surface area contributed by atoms with Gasteiger partial charge in [0.25, 0.3) is 5.91 Å². The topological polar surface area (TPSA) is 62.7 Å². The first-order chi connectivity index (χ1) is 13.0. The monoisotopic (exact) mass is 387 g/mol. The van der Waals surface area contributed by atoms with Crippen molar-refractivity contribution >= 4 is 23.2 Å². The van der Waals surface area contributed by atoms with Gasteiger partial charge in [0.1, 0.15) is 6.54 Å². The van der Waals surface area contributed by atoms with Crippen molar-refractivity contribution < 1.29 is 14.3 Å². The van der Waals surface area contributed by atoms with Crippen LogP contribution >= 0.6 is 11.3 Å². The van der Waals surface area contributed by atoms with Gasteiger partial charge in [-0.1, -0.05) is 26.0 Å². The van der Waals surface area contributed by atoms with Crippen LogP contribution in [0.2, 0.25) is 0 Å². The number of nitrogens with zero attached hydrogens (tertiary/aromatic N) is 3. The van der Waals surface area contributed by atoms with E-state index < -0.39 is 0 Å². The standard InChI is InChI=1S/C20H25N3O3S/c1-15(2)10-22-11-17(26-14-16-5-3-7-21-9-16)12-23(13-19(22)24)20(25)18-6-4-8-27-18/h3-9,15,17H,10-14H2,1-2H3. The minimum Gasteiger partial charge on any atom is -0.370 e. The van der Waals surface area contributed by atoms with Gasteiger partial charge in [-0.15, -0.1) is 11.3 Å². The zero-order valence-electron chi connectivity index (χ0n) is 15.7. The number of ether oxygens (including phenoxy) is 1. The summed E-state index contributed by atoms with van der Waals surface area (Å²) in [5, 5.41) is 1.87. The van der Waals surface area contributed by atoms with Crippen molar-refractivity contribution in [2.45, 2.75) is 26.6 Å². The van der Waals surface area contributed by atoms with Crippen molar-refractivity contribution in [2.24, 2.45) is 5.92 Å². The van der Waals surface area contributed by atoms with Crippen LogP contribution in [0.1, 0.15) is 29.1 Å². The van der Waals surface area contributed by atoms with Crippen LogP contribution in [0.4, 0.5) is 0 Å². The maximum Gasteiger partial charge on any atom is 0.264 e. The number of amides is 2. The Morgan fingerprint density at radius 3 is 2.85 bits per heavy atom. The van der Waals surface area contributed by atoms with Gasteiger partial charge in [-0.2, -0.15) is 0 Å². The normalized spacial score (nSPS) is 18.0. The van der Waals surface area contributed by atoms with Crippen molar-refractivity contribution in [2.75, 3.05) is 26.2 Å². The van der Waals surface area contributed by atoms with Gasteiger partial charge in [0.05, 0.1) is 17.6 Å². The molecular weight excluding hydrogens is 362 g/mol. The maximum atomic E-state index is 12.8. The molecule has 0 bridgehead atoms. The molecule has 7 heteroatoms. The molecule has 1 saturated heterocycles. The van der Waals surface area contributed by atoms with E-state index in [1.165, 1.54) is 11.3 Å². The highest BCUT2D eigenvalue weighted by Gasteiger charge is 2.31. The highest BCUT2D eigenvalue weighted by Crippen LogP contribution is 2.17. The van der Waals surface area contributed by atoms with Gasteiger partial charge in [-0.05, 0) is 29.0 Å². The van der Waals surface area contributed by atoms with Gasteiger partial charge in [0, 0.05) is 32.0 Å². The predicted octanol–water partition coefficient (Wildman–Crippen LogP) is 2.67. The average molecular weight is 388 g/mol. The third-order valence-electron chi connectivity index (χ3n) is 4.34. The molecule has 0 saturated carbocycles. The molecule has 2 amide bonds. The Morgan fingerprint density at radius 2 is 2.19 bits per heavy atom. The van der Waals surface area contributed by atoms with Crippen LogP contribution in [0.5, 0.6) is 0 Å². The Morgan fingerprint density at radius 1 is 1.33 bits per heavy atom. The Hall–Kier alpha value is -2.25. The van der Waals surface area contributed by atoms with Crippen LogP contribution in [0, 0.1) is 5.92 Å². The molecule has 0 N–H and O–H groups in total. The van der Waals surface area contributed by atoms with Crippen molar-refractivity contribution in [3.8, 4) is 0 Å². The smallest absolute Gasteiger partial charge is 0.264 e. The molecule has 1 aliphatic rings. The van der Waals surface area contributed by atoms with Crippen molar-refractivity contribution in [3.63, 3.8) is 0 Å². The highest BCUT2D eigenvalue weighted by atomic mass is 32.1. The number of thiophene rings is 1. The first-order valence-corrected chi connectivity index (χ1v) is 10.0. The van der Waals surface area contributed by atoms with E-state index in [2.05, 4.69) is 18.8 Å². The molecule has 3 rings (SSSR count). The SMILES string of the molecule is CC(C)CN1CC(OCc2cccnc2)CN(C(=O)c2cccs2)CC1=O. The molecule has 144 valence electrons. The van der Waals surface area contributed by atoms with Gasteiger partial charge < -0.3 is 14.5 Å². The summed E-state index contributed by atoms with van der Waals surface area (Å²) in [7, 11) is 0. The quantitative estimate of drug-likeness (QED) is 0.765. The minimum absolute atomic E-state index is 0.0268. The van der Waals surface area contributed by atoms with E-state index in [0.29, 0.717) is 37.0 Å². The van der Waals surface area contributed by atoms with Crippen LogP contribution < -0.4 is 0 Å². The van der Waals surface area contributed by atoms with Gasteiger partial charge in [0.2, 0.25) is 5.91 Å². The molecule has 2 aromatic heterocycles. The van der Waals surface area contributed by atoms with Crippen LogP contribution in [0.15, 0.2) is 42.0 Å². The van der Waals surface area contributed by atoms with Gasteiger partial charge in [0.15, 0.2) is 0 Å². The van der Waals surface area contributed by atoms with E-state index in [1.54, 1.807) is 23.4 Å². The van der Waals surface area contributed by atoms with E-state index in [-0.39, 0.29) is 24.5 Å². The molecule has 0 radical (unpaired) electrons. The molecular formula is C20H25N3O3S. The van der Waals surface area contributed by atoms with Crippen LogP contribution in [-0.4, -0.2) is 58.9 Å². The molecule has 1 aliphatic heterocycles.